The average Bonchev–Trinajstić information content (AvgIpc) is 2.76. The van der Waals surface area contributed by atoms with Crippen molar-refractivity contribution in [3.8, 4) is 0 Å². The zero-order chi connectivity index (χ0) is 23.9. The van der Waals surface area contributed by atoms with Gasteiger partial charge in [-0.3, -0.25) is 0 Å². The summed E-state index contributed by atoms with van der Waals surface area (Å²) in [6.07, 6.45) is 6.55. The quantitative estimate of drug-likeness (QED) is 0.589. The molecule has 0 spiro atoms. The number of aliphatic hydroxyl groups is 1. The van der Waals surface area contributed by atoms with Crippen LogP contribution in [0, 0.1) is 11.6 Å². The van der Waals surface area contributed by atoms with Crippen LogP contribution in [0.5, 0.6) is 0 Å². The number of fused-ring (bicyclic) bond motifs is 1. The van der Waals surface area contributed by atoms with Crippen LogP contribution >= 0.6 is 0 Å². The summed E-state index contributed by atoms with van der Waals surface area (Å²) in [5.74, 6) is -0.627. The lowest BCUT2D eigenvalue weighted by Gasteiger charge is -2.38. The standard InChI is InChI=1S/C24H32F2N6O/c1-13(2)32-22-15(9-18(23(32)33)14-10-19(25)21(27)20(26)11-14)12-28-24(30-22)29-16-5-7-17(8-6-16)31(3)4/h9-13,16-17,23,33H,5-8,27H2,1-4H3,(H,28,29,30)/t16-,17-,23?. The highest BCUT2D eigenvalue weighted by Crippen LogP contribution is 2.37. The van der Waals surface area contributed by atoms with Crippen LogP contribution < -0.4 is 16.0 Å². The fourth-order valence-electron chi connectivity index (χ4n) is 4.70. The number of halogens is 2. The fourth-order valence-corrected chi connectivity index (χ4v) is 4.70. The van der Waals surface area contributed by atoms with Crippen LogP contribution in [0.15, 0.2) is 18.3 Å². The van der Waals surface area contributed by atoms with Gasteiger partial charge in [0.1, 0.15) is 23.1 Å². The van der Waals surface area contributed by atoms with E-state index in [-0.39, 0.29) is 11.6 Å². The van der Waals surface area contributed by atoms with Gasteiger partial charge in [-0.25, -0.2) is 13.8 Å². The molecule has 1 saturated carbocycles. The van der Waals surface area contributed by atoms with Crippen LogP contribution in [-0.4, -0.2) is 58.4 Å². The van der Waals surface area contributed by atoms with Gasteiger partial charge in [-0.15, -0.1) is 0 Å². The van der Waals surface area contributed by atoms with Crippen LogP contribution in [0.3, 0.4) is 0 Å². The summed E-state index contributed by atoms with van der Waals surface area (Å²) in [5.41, 5.74) is 6.13. The summed E-state index contributed by atoms with van der Waals surface area (Å²) < 4.78 is 28.2. The minimum absolute atomic E-state index is 0.121. The molecule has 9 heteroatoms. The smallest absolute Gasteiger partial charge is 0.224 e. The highest BCUT2D eigenvalue weighted by atomic mass is 19.1. The minimum atomic E-state index is -1.13. The van der Waals surface area contributed by atoms with Crippen LogP contribution in [-0.2, 0) is 0 Å². The third-order valence-corrected chi connectivity index (χ3v) is 6.62. The highest BCUT2D eigenvalue weighted by Gasteiger charge is 2.32. The molecule has 2 heterocycles. The summed E-state index contributed by atoms with van der Waals surface area (Å²) >= 11 is 0. The number of rotatable bonds is 5. The molecule has 1 atom stereocenters. The third-order valence-electron chi connectivity index (χ3n) is 6.62. The van der Waals surface area contributed by atoms with Gasteiger partial charge in [-0.05, 0) is 77.4 Å². The maximum Gasteiger partial charge on any atom is 0.224 e. The molecular formula is C24H32F2N6O. The van der Waals surface area contributed by atoms with Crippen LogP contribution in [0.2, 0.25) is 0 Å². The molecule has 1 fully saturated rings. The molecule has 178 valence electrons. The number of aliphatic hydroxyl groups excluding tert-OH is 1. The average molecular weight is 459 g/mol. The molecule has 1 aliphatic heterocycles. The van der Waals surface area contributed by atoms with E-state index in [0.717, 1.165) is 37.8 Å². The van der Waals surface area contributed by atoms with Crippen molar-refractivity contribution in [1.82, 2.24) is 14.9 Å². The Morgan fingerprint density at radius 1 is 1.15 bits per heavy atom. The van der Waals surface area contributed by atoms with E-state index < -0.39 is 23.5 Å². The number of hydrogen-bond acceptors (Lipinski definition) is 7. The second kappa shape index (κ2) is 9.23. The summed E-state index contributed by atoms with van der Waals surface area (Å²) in [4.78, 5) is 13.2. The van der Waals surface area contributed by atoms with Gasteiger partial charge in [-0.1, -0.05) is 0 Å². The van der Waals surface area contributed by atoms with Gasteiger partial charge in [0.15, 0.2) is 6.23 Å². The number of aromatic nitrogens is 2. The first-order valence-corrected chi connectivity index (χ1v) is 11.4. The molecule has 2 aliphatic rings. The number of nitrogen functional groups attached to an aromatic ring is 1. The zero-order valence-electron chi connectivity index (χ0n) is 19.5. The van der Waals surface area contributed by atoms with Gasteiger partial charge in [0.05, 0.1) is 0 Å². The molecule has 1 aromatic carbocycles. The first-order valence-electron chi connectivity index (χ1n) is 11.4. The van der Waals surface area contributed by atoms with E-state index in [9.17, 15) is 13.9 Å². The number of anilines is 3. The predicted octanol–water partition coefficient (Wildman–Crippen LogP) is 3.71. The molecule has 1 unspecified atom stereocenters. The SMILES string of the molecule is CC(C)N1c2nc(N[C@H]3CC[C@H](N(C)C)CC3)ncc2C=C(c2cc(F)c(N)c(F)c2)C1O. The zero-order valence-corrected chi connectivity index (χ0v) is 19.5. The Balaban J connectivity index is 1.63. The highest BCUT2D eigenvalue weighted by molar-refractivity contribution is 5.91. The first kappa shape index (κ1) is 23.4. The van der Waals surface area contributed by atoms with Crippen molar-refractivity contribution in [2.45, 2.75) is 63.9 Å². The van der Waals surface area contributed by atoms with Gasteiger partial charge in [0.25, 0.3) is 0 Å². The molecule has 0 amide bonds. The molecule has 4 N–H and O–H groups in total. The van der Waals surface area contributed by atoms with Crippen LogP contribution in [0.4, 0.5) is 26.2 Å². The lowest BCUT2D eigenvalue weighted by molar-refractivity contribution is 0.215. The van der Waals surface area contributed by atoms with E-state index in [0.29, 0.717) is 35.0 Å². The third kappa shape index (κ3) is 4.65. The van der Waals surface area contributed by atoms with Crippen molar-refractivity contribution in [3.05, 3.63) is 41.1 Å². The molecule has 0 radical (unpaired) electrons. The lowest BCUT2D eigenvalue weighted by atomic mass is 9.90. The topological polar surface area (TPSA) is 90.5 Å². The first-order chi connectivity index (χ1) is 15.7. The van der Waals surface area contributed by atoms with E-state index >= 15 is 0 Å². The molecule has 1 aromatic heterocycles. The predicted molar refractivity (Wildman–Crippen MR) is 128 cm³/mol. The lowest BCUT2D eigenvalue weighted by Crippen LogP contribution is -2.44. The molecule has 33 heavy (non-hydrogen) atoms. The van der Waals surface area contributed by atoms with E-state index in [2.05, 4.69) is 29.3 Å². The van der Waals surface area contributed by atoms with E-state index in [1.165, 1.54) is 0 Å². The maximum atomic E-state index is 14.1. The summed E-state index contributed by atoms with van der Waals surface area (Å²) in [7, 11) is 4.23. The monoisotopic (exact) mass is 458 g/mol. The van der Waals surface area contributed by atoms with E-state index in [1.807, 2.05) is 13.8 Å². The molecule has 0 bridgehead atoms. The van der Waals surface area contributed by atoms with Gasteiger partial charge in [0, 0.05) is 35.5 Å². The largest absolute Gasteiger partial charge is 0.394 e. The molecule has 7 nitrogen and oxygen atoms in total. The minimum Gasteiger partial charge on any atom is -0.394 e. The van der Waals surface area contributed by atoms with Crippen molar-refractivity contribution < 1.29 is 13.9 Å². The number of nitrogens with zero attached hydrogens (tertiary/aromatic N) is 4. The fraction of sp³-hybridized carbons (Fsp3) is 0.500. The Bertz CT molecular complexity index is 1030. The number of benzene rings is 1. The Labute approximate surface area is 193 Å². The summed E-state index contributed by atoms with van der Waals surface area (Å²) in [6.45, 7) is 3.86. The molecule has 1 aliphatic carbocycles. The number of nitrogens with one attached hydrogen (secondary N) is 1. The van der Waals surface area contributed by atoms with E-state index in [4.69, 9.17) is 10.7 Å². The van der Waals surface area contributed by atoms with E-state index in [1.54, 1.807) is 17.2 Å². The maximum absolute atomic E-state index is 14.1. The second-order valence-electron chi connectivity index (χ2n) is 9.41. The molecule has 0 saturated heterocycles. The van der Waals surface area contributed by atoms with Crippen molar-refractivity contribution >= 4 is 29.1 Å². The molecule has 2 aromatic rings. The van der Waals surface area contributed by atoms with Crippen molar-refractivity contribution in [3.63, 3.8) is 0 Å². The summed E-state index contributed by atoms with van der Waals surface area (Å²) in [5, 5.41) is 14.6. The molecule has 4 rings (SSSR count). The van der Waals surface area contributed by atoms with Crippen molar-refractivity contribution in [1.29, 1.82) is 0 Å². The Morgan fingerprint density at radius 3 is 2.36 bits per heavy atom. The summed E-state index contributed by atoms with van der Waals surface area (Å²) in [6, 6.07) is 3.05. The molecular weight excluding hydrogens is 426 g/mol. The van der Waals surface area contributed by atoms with Gasteiger partial charge in [-0.2, -0.15) is 4.98 Å². The Kier molecular flexibility index (Phi) is 6.54. The van der Waals surface area contributed by atoms with Crippen molar-refractivity contribution in [2.75, 3.05) is 30.0 Å². The van der Waals surface area contributed by atoms with Gasteiger partial charge >= 0.3 is 0 Å². The Hall–Kier alpha value is -2.78. The number of nitrogens with two attached hydrogens (primary N) is 1. The van der Waals surface area contributed by atoms with Crippen LogP contribution in [0.1, 0.15) is 50.7 Å². The Morgan fingerprint density at radius 2 is 1.79 bits per heavy atom. The normalized spacial score (nSPS) is 23.0. The van der Waals surface area contributed by atoms with Crippen molar-refractivity contribution in [2.24, 2.45) is 0 Å². The van der Waals surface area contributed by atoms with Crippen LogP contribution in [0.25, 0.3) is 11.6 Å². The second-order valence-corrected chi connectivity index (χ2v) is 9.41. The van der Waals surface area contributed by atoms with Gasteiger partial charge < -0.3 is 26.0 Å². The van der Waals surface area contributed by atoms with Gasteiger partial charge in [0.2, 0.25) is 5.95 Å². The number of hydrogen-bond donors (Lipinski definition) is 3.